The third-order valence-corrected chi connectivity index (χ3v) is 5.70. The largest absolute Gasteiger partial charge is 0.748 e. The van der Waals surface area contributed by atoms with Gasteiger partial charge in [0.1, 0.15) is 0 Å². The second kappa shape index (κ2) is 12.3. The van der Waals surface area contributed by atoms with Gasteiger partial charge in [-0.3, -0.25) is 0 Å². The van der Waals surface area contributed by atoms with E-state index >= 15 is 0 Å². The average Bonchev–Trinajstić information content (AvgIpc) is 2.50. The van der Waals surface area contributed by atoms with Crippen molar-refractivity contribution in [1.82, 2.24) is 0 Å². The molecule has 23 heavy (non-hydrogen) atoms. The lowest BCUT2D eigenvalue weighted by molar-refractivity contribution is -0.952. The number of rotatable bonds is 15. The first kappa shape index (κ1) is 22.9. The Bertz CT molecular complexity index is 360. The maximum atomic E-state index is 11.1. The van der Waals surface area contributed by atoms with Crippen LogP contribution >= 0.6 is 0 Å². The highest BCUT2D eigenvalue weighted by Gasteiger charge is 2.34. The van der Waals surface area contributed by atoms with Gasteiger partial charge in [0.2, 0.25) is 0 Å². The van der Waals surface area contributed by atoms with Gasteiger partial charge < -0.3 is 9.04 Å². The number of nitrogens with zero attached hydrogens (tertiary/aromatic N) is 1. The molecule has 4 nitrogen and oxygen atoms in total. The molecule has 0 aromatic carbocycles. The van der Waals surface area contributed by atoms with E-state index < -0.39 is 10.1 Å². The summed E-state index contributed by atoms with van der Waals surface area (Å²) in [5.41, 5.74) is 0. The van der Waals surface area contributed by atoms with Crippen molar-refractivity contribution in [2.24, 2.45) is 0 Å². The molecule has 140 valence electrons. The zero-order chi connectivity index (χ0) is 17.8. The second-order valence-corrected chi connectivity index (χ2v) is 8.47. The zero-order valence-corrected chi connectivity index (χ0v) is 16.7. The lowest BCUT2D eigenvalue weighted by Crippen LogP contribution is -2.57. The molecule has 1 unspecified atom stereocenters. The minimum atomic E-state index is -4.12. The van der Waals surface area contributed by atoms with E-state index in [9.17, 15) is 13.0 Å². The van der Waals surface area contributed by atoms with Crippen molar-refractivity contribution in [3.8, 4) is 0 Å². The smallest absolute Gasteiger partial charge is 0.0948 e. The van der Waals surface area contributed by atoms with Crippen LogP contribution in [0.3, 0.4) is 0 Å². The van der Waals surface area contributed by atoms with Gasteiger partial charge in [0.05, 0.1) is 35.8 Å². The van der Waals surface area contributed by atoms with Gasteiger partial charge in [-0.25, -0.2) is 8.42 Å². The molecule has 0 saturated carbocycles. The van der Waals surface area contributed by atoms with Crippen molar-refractivity contribution >= 4 is 10.1 Å². The predicted octanol–water partition coefficient (Wildman–Crippen LogP) is 4.31. The molecule has 0 N–H and O–H groups in total. The molecule has 0 amide bonds. The maximum Gasteiger partial charge on any atom is 0.0948 e. The minimum Gasteiger partial charge on any atom is -0.748 e. The summed E-state index contributed by atoms with van der Waals surface area (Å²) in [5.74, 6) is -0.206. The van der Waals surface area contributed by atoms with Crippen LogP contribution in [-0.4, -0.2) is 48.9 Å². The first-order valence-corrected chi connectivity index (χ1v) is 11.2. The molecule has 0 heterocycles. The Balaban J connectivity index is 5.34. The van der Waals surface area contributed by atoms with Crippen molar-refractivity contribution < 1.29 is 17.5 Å². The molecule has 5 heteroatoms. The maximum absolute atomic E-state index is 11.1. The molecule has 0 aromatic heterocycles. The number of quaternary nitrogens is 1. The van der Waals surface area contributed by atoms with E-state index in [1.807, 2.05) is 0 Å². The fourth-order valence-electron chi connectivity index (χ4n) is 3.61. The average molecular weight is 350 g/mol. The van der Waals surface area contributed by atoms with Gasteiger partial charge in [0.15, 0.2) is 0 Å². The molecule has 0 aliphatic carbocycles. The summed E-state index contributed by atoms with van der Waals surface area (Å²) in [6.45, 7) is 12.2. The lowest BCUT2D eigenvalue weighted by atomic mass is 10.0. The molecule has 0 aliphatic rings. The van der Waals surface area contributed by atoms with Crippen LogP contribution < -0.4 is 0 Å². The summed E-state index contributed by atoms with van der Waals surface area (Å²) in [7, 11) is -4.12. The minimum absolute atomic E-state index is 0.206. The molecule has 0 aromatic rings. The summed E-state index contributed by atoms with van der Waals surface area (Å²) < 4.78 is 34.5. The van der Waals surface area contributed by atoms with Crippen LogP contribution in [0, 0.1) is 0 Å². The van der Waals surface area contributed by atoms with Gasteiger partial charge in [-0.2, -0.15) is 0 Å². The number of hydrogen-bond donors (Lipinski definition) is 0. The van der Waals surface area contributed by atoms with Gasteiger partial charge in [-0.15, -0.1) is 0 Å². The quantitative estimate of drug-likeness (QED) is 0.327. The van der Waals surface area contributed by atoms with Crippen molar-refractivity contribution in [3.05, 3.63) is 0 Å². The first-order chi connectivity index (χ1) is 10.8. The van der Waals surface area contributed by atoms with Crippen LogP contribution in [-0.2, 0) is 10.1 Å². The van der Waals surface area contributed by atoms with Gasteiger partial charge in [0, 0.05) is 12.2 Å². The summed E-state index contributed by atoms with van der Waals surface area (Å²) in [6, 6.07) is 0.313. The van der Waals surface area contributed by atoms with Crippen LogP contribution in [0.15, 0.2) is 0 Å². The Morgan fingerprint density at radius 3 is 1.52 bits per heavy atom. The number of unbranched alkanes of at least 4 members (excludes halogenated alkanes) is 3. The van der Waals surface area contributed by atoms with Crippen molar-refractivity contribution in [2.45, 2.75) is 91.5 Å². The van der Waals surface area contributed by atoms with Gasteiger partial charge in [0.25, 0.3) is 0 Å². The second-order valence-electron chi connectivity index (χ2n) is 6.94. The van der Waals surface area contributed by atoms with Crippen LogP contribution in [0.1, 0.15) is 85.5 Å². The van der Waals surface area contributed by atoms with E-state index in [0.29, 0.717) is 12.5 Å². The van der Waals surface area contributed by atoms with Crippen molar-refractivity contribution in [2.75, 3.05) is 25.4 Å². The summed E-state index contributed by atoms with van der Waals surface area (Å²) in [6.07, 6.45) is 9.62. The number of hydrogen-bond acceptors (Lipinski definition) is 3. The molecule has 0 spiro atoms. The van der Waals surface area contributed by atoms with Gasteiger partial charge in [-0.1, -0.05) is 53.4 Å². The molecule has 0 aliphatic heterocycles. The monoisotopic (exact) mass is 349 g/mol. The Morgan fingerprint density at radius 1 is 0.783 bits per heavy atom. The third-order valence-electron chi connectivity index (χ3n) is 4.97. The Hall–Kier alpha value is -0.130. The molecule has 0 saturated heterocycles. The highest BCUT2D eigenvalue weighted by atomic mass is 32.2. The van der Waals surface area contributed by atoms with Crippen LogP contribution in [0.4, 0.5) is 0 Å². The molecular weight excluding hydrogens is 310 g/mol. The van der Waals surface area contributed by atoms with E-state index in [2.05, 4.69) is 27.7 Å². The predicted molar refractivity (Wildman–Crippen MR) is 97.5 cm³/mol. The fraction of sp³-hybridized carbons (Fsp3) is 1.00. The molecule has 0 bridgehead atoms. The molecule has 0 radical (unpaired) electrons. The Morgan fingerprint density at radius 2 is 1.22 bits per heavy atom. The third kappa shape index (κ3) is 9.68. The van der Waals surface area contributed by atoms with E-state index in [-0.39, 0.29) is 5.75 Å². The van der Waals surface area contributed by atoms with Crippen LogP contribution in [0.25, 0.3) is 0 Å². The summed E-state index contributed by atoms with van der Waals surface area (Å²) in [4.78, 5) is 0. The highest BCUT2D eigenvalue weighted by Crippen LogP contribution is 2.26. The van der Waals surface area contributed by atoms with Crippen molar-refractivity contribution in [1.29, 1.82) is 0 Å². The molecule has 1 atom stereocenters. The summed E-state index contributed by atoms with van der Waals surface area (Å²) >= 11 is 0. The standard InChI is InChI=1S/C18H39NO3S/c1-5-9-14-19(15-10-6-2,16-11-7-3)18(12-8-4)13-17-23(20,21)22/h18H,5-17H2,1-4H3. The van der Waals surface area contributed by atoms with Crippen molar-refractivity contribution in [3.63, 3.8) is 0 Å². The normalized spacial score (nSPS) is 14.1. The van der Waals surface area contributed by atoms with E-state index in [1.54, 1.807) is 0 Å². The van der Waals surface area contributed by atoms with E-state index in [1.165, 1.54) is 19.3 Å². The van der Waals surface area contributed by atoms with Gasteiger partial charge in [-0.05, 0) is 25.7 Å². The van der Waals surface area contributed by atoms with E-state index in [4.69, 9.17) is 0 Å². The Labute approximate surface area is 145 Å². The van der Waals surface area contributed by atoms with Gasteiger partial charge >= 0.3 is 0 Å². The van der Waals surface area contributed by atoms with Crippen LogP contribution in [0.2, 0.25) is 0 Å². The molecule has 0 fully saturated rings. The lowest BCUT2D eigenvalue weighted by Gasteiger charge is -2.46. The molecular formula is C18H39NO3S. The fourth-order valence-corrected chi connectivity index (χ4v) is 4.17. The first-order valence-electron chi connectivity index (χ1n) is 9.64. The summed E-state index contributed by atoms with van der Waals surface area (Å²) in [5, 5.41) is 0. The highest BCUT2D eigenvalue weighted by molar-refractivity contribution is 7.85. The SMILES string of the molecule is CCCC[N+](CCCC)(CCCC)C(CCC)CCS(=O)(=O)[O-]. The zero-order valence-electron chi connectivity index (χ0n) is 15.8. The molecule has 0 rings (SSSR count). The topological polar surface area (TPSA) is 57.2 Å². The van der Waals surface area contributed by atoms with E-state index in [0.717, 1.165) is 56.2 Å². The Kier molecular flexibility index (Phi) is 12.2. The van der Waals surface area contributed by atoms with Crippen LogP contribution in [0.5, 0.6) is 0 Å².